The number of nitrogens with one attached hydrogen (secondary N) is 1. The third-order valence-electron chi connectivity index (χ3n) is 2.69. The van der Waals surface area contributed by atoms with E-state index in [0.717, 1.165) is 0 Å². The molecule has 1 N–H and O–H groups in total. The number of fused-ring (bicyclic) bond motifs is 1. The van der Waals surface area contributed by atoms with Crippen LogP contribution in [0, 0.1) is 0 Å². The van der Waals surface area contributed by atoms with Crippen molar-refractivity contribution in [3.05, 3.63) is 33.0 Å². The van der Waals surface area contributed by atoms with Crippen molar-refractivity contribution in [2.24, 2.45) is 0 Å². The van der Waals surface area contributed by atoms with Gasteiger partial charge in [0.2, 0.25) is 5.16 Å². The molecule has 3 aromatic rings. The highest BCUT2D eigenvalue weighted by Crippen LogP contribution is 2.36. The molecule has 0 spiro atoms. The molecular weight excluding hydrogens is 355 g/mol. The minimum atomic E-state index is -0.0846. The van der Waals surface area contributed by atoms with E-state index in [1.54, 1.807) is 12.1 Å². The van der Waals surface area contributed by atoms with Gasteiger partial charge in [-0.2, -0.15) is 0 Å². The SMILES string of the molecule is CC(Sc1nnn[nH]1)c1nc2cc(Cl)c(Cl)cc2nc1Cl. The molecule has 0 aliphatic carbocycles. The van der Waals surface area contributed by atoms with Crippen LogP contribution < -0.4 is 0 Å². The van der Waals surface area contributed by atoms with Crippen LogP contribution in [0.3, 0.4) is 0 Å². The molecule has 0 saturated heterocycles. The van der Waals surface area contributed by atoms with Crippen molar-refractivity contribution in [1.29, 1.82) is 0 Å². The molecule has 0 fully saturated rings. The second kappa shape index (κ2) is 5.92. The molecule has 21 heavy (non-hydrogen) atoms. The summed E-state index contributed by atoms with van der Waals surface area (Å²) in [5, 5.41) is 15.2. The molecule has 0 saturated carbocycles. The number of thioether (sulfide) groups is 1. The number of aromatic nitrogens is 6. The lowest BCUT2D eigenvalue weighted by atomic mass is 10.2. The quantitative estimate of drug-likeness (QED) is 0.711. The van der Waals surface area contributed by atoms with E-state index in [2.05, 4.69) is 30.6 Å². The number of aromatic amines is 1. The van der Waals surface area contributed by atoms with Gasteiger partial charge in [-0.25, -0.2) is 15.1 Å². The molecule has 0 bridgehead atoms. The minimum absolute atomic E-state index is 0.0846. The van der Waals surface area contributed by atoms with Crippen LogP contribution in [0.5, 0.6) is 0 Å². The van der Waals surface area contributed by atoms with E-state index in [1.165, 1.54) is 11.8 Å². The maximum atomic E-state index is 6.21. The Morgan fingerprint density at radius 2 is 1.76 bits per heavy atom. The minimum Gasteiger partial charge on any atom is -0.247 e. The summed E-state index contributed by atoms with van der Waals surface area (Å²) in [7, 11) is 0. The summed E-state index contributed by atoms with van der Waals surface area (Å²) in [4.78, 5) is 8.83. The first kappa shape index (κ1) is 14.8. The lowest BCUT2D eigenvalue weighted by Crippen LogP contribution is -1.99. The van der Waals surface area contributed by atoms with Gasteiger partial charge in [0.25, 0.3) is 0 Å². The topological polar surface area (TPSA) is 80.2 Å². The molecule has 0 aliphatic rings. The highest BCUT2D eigenvalue weighted by atomic mass is 35.5. The first-order valence-electron chi connectivity index (χ1n) is 5.77. The van der Waals surface area contributed by atoms with Crippen LogP contribution in [-0.2, 0) is 0 Å². The average molecular weight is 362 g/mol. The van der Waals surface area contributed by atoms with Crippen molar-refractivity contribution < 1.29 is 0 Å². The van der Waals surface area contributed by atoms with Crippen molar-refractivity contribution in [3.8, 4) is 0 Å². The highest BCUT2D eigenvalue weighted by molar-refractivity contribution is 7.99. The number of hydrogen-bond acceptors (Lipinski definition) is 6. The van der Waals surface area contributed by atoms with Gasteiger partial charge in [0, 0.05) is 0 Å². The molecule has 108 valence electrons. The summed E-state index contributed by atoms with van der Waals surface area (Å²) in [6.07, 6.45) is 0. The first-order chi connectivity index (χ1) is 10.0. The van der Waals surface area contributed by atoms with Crippen LogP contribution in [0.25, 0.3) is 11.0 Å². The molecular formula is C11H7Cl3N6S. The van der Waals surface area contributed by atoms with E-state index in [4.69, 9.17) is 34.8 Å². The first-order valence-corrected chi connectivity index (χ1v) is 7.78. The van der Waals surface area contributed by atoms with E-state index in [9.17, 15) is 0 Å². The Morgan fingerprint density at radius 1 is 1.10 bits per heavy atom. The molecule has 1 atom stereocenters. The summed E-state index contributed by atoms with van der Waals surface area (Å²) < 4.78 is 0. The summed E-state index contributed by atoms with van der Waals surface area (Å²) in [6.45, 7) is 1.94. The van der Waals surface area contributed by atoms with Gasteiger partial charge in [-0.1, -0.05) is 46.6 Å². The van der Waals surface area contributed by atoms with Crippen LogP contribution in [0.15, 0.2) is 17.3 Å². The van der Waals surface area contributed by atoms with E-state index in [0.29, 0.717) is 37.1 Å². The lowest BCUT2D eigenvalue weighted by molar-refractivity contribution is 0.881. The standard InChI is InChI=1S/C11H7Cl3N6S/c1-4(21-11-17-19-20-18-11)9-10(14)16-8-3-6(13)5(12)2-7(8)15-9/h2-4H,1H3,(H,17,18,19,20). The molecule has 0 aliphatic heterocycles. The monoisotopic (exact) mass is 360 g/mol. The number of rotatable bonds is 3. The van der Waals surface area contributed by atoms with Crippen LogP contribution in [0.1, 0.15) is 17.9 Å². The molecule has 3 rings (SSSR count). The second-order valence-corrected chi connectivity index (χ2v) is 6.62. The fourth-order valence-electron chi connectivity index (χ4n) is 1.73. The average Bonchev–Trinajstić information content (AvgIpc) is 2.93. The smallest absolute Gasteiger partial charge is 0.207 e. The Hall–Kier alpha value is -1.15. The number of H-pyrrole nitrogens is 1. The predicted molar refractivity (Wildman–Crippen MR) is 83.0 cm³/mol. The summed E-state index contributed by atoms with van der Waals surface area (Å²) in [5.41, 5.74) is 1.85. The second-order valence-electron chi connectivity index (χ2n) is 4.12. The maximum Gasteiger partial charge on any atom is 0.207 e. The largest absolute Gasteiger partial charge is 0.247 e. The van der Waals surface area contributed by atoms with Crippen LogP contribution in [-0.4, -0.2) is 30.6 Å². The maximum absolute atomic E-state index is 6.21. The van der Waals surface area contributed by atoms with Crippen LogP contribution >= 0.6 is 46.6 Å². The van der Waals surface area contributed by atoms with Crippen molar-refractivity contribution in [3.63, 3.8) is 0 Å². The summed E-state index contributed by atoms with van der Waals surface area (Å²) in [6, 6.07) is 3.31. The Morgan fingerprint density at radius 3 is 2.38 bits per heavy atom. The van der Waals surface area contributed by atoms with Crippen molar-refractivity contribution in [2.45, 2.75) is 17.3 Å². The normalized spacial score (nSPS) is 12.8. The molecule has 0 radical (unpaired) electrons. The Labute approximate surface area is 138 Å². The van der Waals surface area contributed by atoms with E-state index in [-0.39, 0.29) is 5.25 Å². The molecule has 6 nitrogen and oxygen atoms in total. The molecule has 1 unspecified atom stereocenters. The summed E-state index contributed by atoms with van der Waals surface area (Å²) >= 11 is 19.6. The Bertz CT molecular complexity index is 794. The number of tetrazole rings is 1. The van der Waals surface area contributed by atoms with Crippen molar-refractivity contribution in [2.75, 3.05) is 0 Å². The third-order valence-corrected chi connectivity index (χ3v) is 4.66. The molecule has 0 amide bonds. The van der Waals surface area contributed by atoms with E-state index < -0.39 is 0 Å². The van der Waals surface area contributed by atoms with E-state index in [1.807, 2.05) is 6.92 Å². The molecule has 1 aromatic carbocycles. The van der Waals surface area contributed by atoms with Gasteiger partial charge < -0.3 is 0 Å². The van der Waals surface area contributed by atoms with Gasteiger partial charge in [-0.3, -0.25) is 0 Å². The zero-order valence-electron chi connectivity index (χ0n) is 10.5. The van der Waals surface area contributed by atoms with Gasteiger partial charge in [0.15, 0.2) is 5.15 Å². The zero-order chi connectivity index (χ0) is 15.0. The molecule has 2 aromatic heterocycles. The van der Waals surface area contributed by atoms with E-state index >= 15 is 0 Å². The van der Waals surface area contributed by atoms with Gasteiger partial charge in [-0.05, 0) is 29.5 Å². The van der Waals surface area contributed by atoms with Gasteiger partial charge in [0.05, 0.1) is 32.0 Å². The van der Waals surface area contributed by atoms with Crippen LogP contribution in [0.2, 0.25) is 15.2 Å². The van der Waals surface area contributed by atoms with Gasteiger partial charge in [0.1, 0.15) is 0 Å². The molecule has 10 heteroatoms. The van der Waals surface area contributed by atoms with Crippen molar-refractivity contribution >= 4 is 57.6 Å². The highest BCUT2D eigenvalue weighted by Gasteiger charge is 2.17. The van der Waals surface area contributed by atoms with Gasteiger partial charge in [-0.15, -0.1) is 5.10 Å². The van der Waals surface area contributed by atoms with Crippen molar-refractivity contribution in [1.82, 2.24) is 30.6 Å². The molecule has 2 heterocycles. The van der Waals surface area contributed by atoms with Gasteiger partial charge >= 0.3 is 0 Å². The third kappa shape index (κ3) is 3.06. The number of nitrogens with zero attached hydrogens (tertiary/aromatic N) is 5. The number of hydrogen-bond donors (Lipinski definition) is 1. The fraction of sp³-hybridized carbons (Fsp3) is 0.182. The van der Waals surface area contributed by atoms with Crippen LogP contribution in [0.4, 0.5) is 0 Å². The summed E-state index contributed by atoms with van der Waals surface area (Å²) in [5.74, 6) is 0. The number of halogens is 3. The predicted octanol–water partition coefficient (Wildman–Crippen LogP) is 3.96. The lowest BCUT2D eigenvalue weighted by Gasteiger charge is -2.11. The zero-order valence-corrected chi connectivity index (χ0v) is 13.6. The Kier molecular flexibility index (Phi) is 4.17. The fourth-order valence-corrected chi connectivity index (χ4v) is 3.19. The number of benzene rings is 1. The Balaban J connectivity index is 2.01.